The van der Waals surface area contributed by atoms with E-state index in [1.165, 1.54) is 19.2 Å². The fourth-order valence-corrected chi connectivity index (χ4v) is 3.76. The molecule has 0 saturated carbocycles. The van der Waals surface area contributed by atoms with Crippen LogP contribution in [0.4, 0.5) is 0 Å². The molecular weight excluding hydrogens is 326 g/mol. The van der Waals surface area contributed by atoms with Crippen LogP contribution in [-0.2, 0) is 14.8 Å². The summed E-state index contributed by atoms with van der Waals surface area (Å²) in [6.45, 7) is 3.64. The number of hydrogen-bond donors (Lipinski definition) is 1. The normalized spacial score (nSPS) is 12.6. The molecule has 0 aliphatic carbocycles. The standard InChI is InChI=1S/C18H21NO4S/c1-4-17(14-8-6-5-7-9-14)19-24(21,22)15-11-10-13(2)16(12-15)18(20)23-3/h5-12,17,19H,4H2,1-3H3/t17-/m1/s1. The predicted molar refractivity (Wildman–Crippen MR) is 92.3 cm³/mol. The van der Waals surface area contributed by atoms with Crippen molar-refractivity contribution in [2.45, 2.75) is 31.2 Å². The highest BCUT2D eigenvalue weighted by Crippen LogP contribution is 2.22. The lowest BCUT2D eigenvalue weighted by Gasteiger charge is -2.18. The Hall–Kier alpha value is -2.18. The van der Waals surface area contributed by atoms with Gasteiger partial charge in [0.05, 0.1) is 17.6 Å². The highest BCUT2D eigenvalue weighted by molar-refractivity contribution is 7.89. The van der Waals surface area contributed by atoms with E-state index in [-0.39, 0.29) is 16.5 Å². The number of carbonyl (C=O) groups excluding carboxylic acids is 1. The number of hydrogen-bond acceptors (Lipinski definition) is 4. The Morgan fingerprint density at radius 3 is 2.42 bits per heavy atom. The number of esters is 1. The molecule has 128 valence electrons. The summed E-state index contributed by atoms with van der Waals surface area (Å²) in [6.07, 6.45) is 0.610. The van der Waals surface area contributed by atoms with E-state index in [0.717, 1.165) is 5.56 Å². The lowest BCUT2D eigenvalue weighted by molar-refractivity contribution is 0.0599. The van der Waals surface area contributed by atoms with Crippen molar-refractivity contribution in [3.05, 3.63) is 65.2 Å². The summed E-state index contributed by atoms with van der Waals surface area (Å²) in [5.41, 5.74) is 1.80. The van der Waals surface area contributed by atoms with Crippen molar-refractivity contribution < 1.29 is 17.9 Å². The first-order valence-electron chi connectivity index (χ1n) is 7.65. The van der Waals surface area contributed by atoms with Crippen molar-refractivity contribution in [3.63, 3.8) is 0 Å². The molecule has 5 nitrogen and oxygen atoms in total. The zero-order valence-corrected chi connectivity index (χ0v) is 14.8. The van der Waals surface area contributed by atoms with Crippen LogP contribution in [0.2, 0.25) is 0 Å². The number of sulfonamides is 1. The number of benzene rings is 2. The van der Waals surface area contributed by atoms with Gasteiger partial charge in [-0.25, -0.2) is 17.9 Å². The van der Waals surface area contributed by atoms with Crippen LogP contribution >= 0.6 is 0 Å². The predicted octanol–water partition coefficient (Wildman–Crippen LogP) is 3.21. The summed E-state index contributed by atoms with van der Waals surface area (Å²) >= 11 is 0. The maximum absolute atomic E-state index is 12.7. The van der Waals surface area contributed by atoms with Crippen molar-refractivity contribution in [2.75, 3.05) is 7.11 Å². The molecule has 0 radical (unpaired) electrons. The Labute approximate surface area is 142 Å². The van der Waals surface area contributed by atoms with E-state index >= 15 is 0 Å². The average Bonchev–Trinajstić information content (AvgIpc) is 2.60. The maximum Gasteiger partial charge on any atom is 0.338 e. The van der Waals surface area contributed by atoms with E-state index in [1.54, 1.807) is 13.0 Å². The molecule has 24 heavy (non-hydrogen) atoms. The van der Waals surface area contributed by atoms with Gasteiger partial charge in [-0.3, -0.25) is 0 Å². The highest BCUT2D eigenvalue weighted by atomic mass is 32.2. The van der Waals surface area contributed by atoms with Crippen LogP contribution in [0.1, 0.15) is 40.9 Å². The van der Waals surface area contributed by atoms with Gasteiger partial charge in [0.15, 0.2) is 0 Å². The quantitative estimate of drug-likeness (QED) is 0.815. The van der Waals surface area contributed by atoms with Crippen molar-refractivity contribution in [3.8, 4) is 0 Å². The summed E-state index contributed by atoms with van der Waals surface area (Å²) in [6, 6.07) is 13.5. The lowest BCUT2D eigenvalue weighted by Crippen LogP contribution is -2.28. The molecule has 2 aromatic carbocycles. The van der Waals surface area contributed by atoms with Crippen LogP contribution < -0.4 is 4.72 Å². The molecule has 0 aliphatic heterocycles. The molecule has 0 unspecified atom stereocenters. The molecule has 0 saturated heterocycles. The van der Waals surface area contributed by atoms with Gasteiger partial charge in [0.25, 0.3) is 0 Å². The number of carbonyl (C=O) groups is 1. The van der Waals surface area contributed by atoms with Gasteiger partial charge >= 0.3 is 5.97 Å². The number of methoxy groups -OCH3 is 1. The van der Waals surface area contributed by atoms with Gasteiger partial charge in [0.1, 0.15) is 0 Å². The minimum absolute atomic E-state index is 0.0443. The SMILES string of the molecule is CC[C@@H](NS(=O)(=O)c1ccc(C)c(C(=O)OC)c1)c1ccccc1. The summed E-state index contributed by atoms with van der Waals surface area (Å²) in [4.78, 5) is 11.8. The molecule has 0 bridgehead atoms. The first kappa shape index (κ1) is 18.2. The maximum atomic E-state index is 12.7. The lowest BCUT2D eigenvalue weighted by atomic mass is 10.1. The largest absolute Gasteiger partial charge is 0.465 e. The second kappa shape index (κ2) is 7.59. The van der Waals surface area contributed by atoms with E-state index in [4.69, 9.17) is 4.74 Å². The summed E-state index contributed by atoms with van der Waals surface area (Å²) in [5.74, 6) is -0.556. The van der Waals surface area contributed by atoms with Crippen LogP contribution in [0.25, 0.3) is 0 Å². The first-order valence-corrected chi connectivity index (χ1v) is 9.13. The zero-order chi connectivity index (χ0) is 17.7. The second-order valence-electron chi connectivity index (χ2n) is 5.46. The minimum atomic E-state index is -3.76. The minimum Gasteiger partial charge on any atom is -0.465 e. The van der Waals surface area contributed by atoms with Crippen molar-refractivity contribution >= 4 is 16.0 Å². The fraction of sp³-hybridized carbons (Fsp3) is 0.278. The molecule has 1 atom stereocenters. The van der Waals surface area contributed by atoms with E-state index < -0.39 is 16.0 Å². The third-order valence-corrected chi connectivity index (χ3v) is 5.30. The summed E-state index contributed by atoms with van der Waals surface area (Å²) in [5, 5.41) is 0. The topological polar surface area (TPSA) is 72.5 Å². The van der Waals surface area contributed by atoms with E-state index in [9.17, 15) is 13.2 Å². The molecule has 2 rings (SSSR count). The molecule has 0 aliphatic rings. The molecule has 0 spiro atoms. The Kier molecular flexibility index (Phi) is 5.75. The number of nitrogens with one attached hydrogen (secondary N) is 1. The Bertz CT molecular complexity index is 816. The van der Waals surface area contributed by atoms with Crippen LogP contribution in [0.3, 0.4) is 0 Å². The molecule has 0 fully saturated rings. The van der Waals surface area contributed by atoms with E-state index in [1.807, 2.05) is 37.3 Å². The van der Waals surface area contributed by atoms with Crippen LogP contribution in [0.15, 0.2) is 53.4 Å². The van der Waals surface area contributed by atoms with Gasteiger partial charge in [-0.1, -0.05) is 43.3 Å². The van der Waals surface area contributed by atoms with Gasteiger partial charge in [0, 0.05) is 6.04 Å². The van der Waals surface area contributed by atoms with Gasteiger partial charge < -0.3 is 4.74 Å². The van der Waals surface area contributed by atoms with Crippen molar-refractivity contribution in [1.82, 2.24) is 4.72 Å². The molecular formula is C18H21NO4S. The first-order chi connectivity index (χ1) is 11.4. The molecule has 2 aromatic rings. The fourth-order valence-electron chi connectivity index (χ4n) is 2.43. The smallest absolute Gasteiger partial charge is 0.338 e. The van der Waals surface area contributed by atoms with Crippen LogP contribution in [0.5, 0.6) is 0 Å². The molecule has 0 amide bonds. The van der Waals surface area contributed by atoms with Gasteiger partial charge in [-0.2, -0.15) is 0 Å². The van der Waals surface area contributed by atoms with Gasteiger partial charge in [0.2, 0.25) is 10.0 Å². The second-order valence-corrected chi connectivity index (χ2v) is 7.18. The number of ether oxygens (including phenoxy) is 1. The Morgan fingerprint density at radius 1 is 1.17 bits per heavy atom. The average molecular weight is 347 g/mol. The monoisotopic (exact) mass is 347 g/mol. The summed E-state index contributed by atoms with van der Waals surface area (Å²) in [7, 11) is -2.49. The van der Waals surface area contributed by atoms with Crippen LogP contribution in [-0.4, -0.2) is 21.5 Å². The van der Waals surface area contributed by atoms with Gasteiger partial charge in [-0.05, 0) is 36.6 Å². The molecule has 6 heteroatoms. The molecule has 0 aromatic heterocycles. The number of rotatable bonds is 6. The summed E-state index contributed by atoms with van der Waals surface area (Å²) < 4.78 is 32.8. The Morgan fingerprint density at radius 2 is 1.83 bits per heavy atom. The van der Waals surface area contributed by atoms with E-state index in [0.29, 0.717) is 12.0 Å². The third-order valence-electron chi connectivity index (χ3n) is 3.83. The van der Waals surface area contributed by atoms with Gasteiger partial charge in [-0.15, -0.1) is 0 Å². The zero-order valence-electron chi connectivity index (χ0n) is 13.9. The van der Waals surface area contributed by atoms with Crippen LogP contribution in [0, 0.1) is 6.92 Å². The van der Waals surface area contributed by atoms with E-state index in [2.05, 4.69) is 4.72 Å². The highest BCUT2D eigenvalue weighted by Gasteiger charge is 2.22. The van der Waals surface area contributed by atoms with Crippen molar-refractivity contribution in [1.29, 1.82) is 0 Å². The number of aryl methyl sites for hydroxylation is 1. The van der Waals surface area contributed by atoms with Crippen molar-refractivity contribution in [2.24, 2.45) is 0 Å². The third kappa shape index (κ3) is 4.01. The Balaban J connectivity index is 2.35. The molecule has 0 heterocycles. The molecule has 1 N–H and O–H groups in total.